The third-order valence-electron chi connectivity index (χ3n) is 4.23. The van der Waals surface area contributed by atoms with Gasteiger partial charge in [-0.2, -0.15) is 0 Å². The van der Waals surface area contributed by atoms with Gasteiger partial charge in [-0.1, -0.05) is 23.8 Å². The molecule has 6 heteroatoms. The molecule has 0 aliphatic heterocycles. The number of carboxylic acids is 1. The summed E-state index contributed by atoms with van der Waals surface area (Å²) >= 11 is 5.67. The van der Waals surface area contributed by atoms with Crippen molar-refractivity contribution in [2.45, 2.75) is 6.42 Å². The number of hydrogen-bond donors (Lipinski definition) is 2. The molecule has 0 radical (unpaired) electrons. The molecular weight excluding hydrogens is 297 g/mol. The number of aliphatic carboxylic acids is 1. The molecule has 1 amide bonds. The van der Waals surface area contributed by atoms with Crippen LogP contribution < -0.4 is 5.32 Å². The molecule has 0 aromatic heterocycles. The van der Waals surface area contributed by atoms with Crippen LogP contribution in [-0.4, -0.2) is 17.0 Å². The lowest BCUT2D eigenvalue weighted by molar-refractivity contribution is -0.146. The van der Waals surface area contributed by atoms with Crippen molar-refractivity contribution in [3.05, 3.63) is 41.2 Å². The SMILES string of the molecule is O=C(O)[C@@H]1C2C=CC(C2)[C@@H]1C(=O)Nc1ccc(F)c(Cl)c1. The van der Waals surface area contributed by atoms with E-state index in [2.05, 4.69) is 5.32 Å². The molecule has 110 valence electrons. The largest absolute Gasteiger partial charge is 0.481 e. The summed E-state index contributed by atoms with van der Waals surface area (Å²) in [5.74, 6) is -3.31. The van der Waals surface area contributed by atoms with Gasteiger partial charge in [-0.3, -0.25) is 9.59 Å². The molecule has 0 saturated heterocycles. The van der Waals surface area contributed by atoms with Crippen molar-refractivity contribution in [2.75, 3.05) is 5.32 Å². The van der Waals surface area contributed by atoms with E-state index < -0.39 is 23.6 Å². The number of nitrogens with one attached hydrogen (secondary N) is 1. The third-order valence-corrected chi connectivity index (χ3v) is 4.52. The zero-order valence-electron chi connectivity index (χ0n) is 10.9. The maximum atomic E-state index is 13.1. The molecular formula is C15H13ClFNO3. The van der Waals surface area contributed by atoms with Crippen molar-refractivity contribution in [1.29, 1.82) is 0 Å². The highest BCUT2D eigenvalue weighted by atomic mass is 35.5. The maximum absolute atomic E-state index is 13.1. The lowest BCUT2D eigenvalue weighted by Crippen LogP contribution is -2.36. The van der Waals surface area contributed by atoms with Gasteiger partial charge in [-0.25, -0.2) is 4.39 Å². The number of amides is 1. The first-order valence-corrected chi connectivity index (χ1v) is 7.02. The summed E-state index contributed by atoms with van der Waals surface area (Å²) in [5, 5.41) is 11.9. The predicted octanol–water partition coefficient (Wildman–Crippen LogP) is 2.94. The summed E-state index contributed by atoms with van der Waals surface area (Å²) < 4.78 is 13.1. The Morgan fingerprint density at radius 3 is 2.52 bits per heavy atom. The Kier molecular flexibility index (Phi) is 3.45. The first-order valence-electron chi connectivity index (χ1n) is 6.64. The highest BCUT2D eigenvalue weighted by molar-refractivity contribution is 6.31. The monoisotopic (exact) mass is 309 g/mol. The maximum Gasteiger partial charge on any atom is 0.307 e. The van der Waals surface area contributed by atoms with Gasteiger partial charge in [-0.05, 0) is 36.5 Å². The van der Waals surface area contributed by atoms with Gasteiger partial charge < -0.3 is 10.4 Å². The summed E-state index contributed by atoms with van der Waals surface area (Å²) in [6.07, 6.45) is 4.48. The first kappa shape index (κ1) is 14.1. The quantitative estimate of drug-likeness (QED) is 0.844. The van der Waals surface area contributed by atoms with Crippen LogP contribution in [0.4, 0.5) is 10.1 Å². The number of carbonyl (C=O) groups excluding carboxylic acids is 1. The minimum Gasteiger partial charge on any atom is -0.481 e. The molecule has 2 aliphatic rings. The van der Waals surface area contributed by atoms with E-state index >= 15 is 0 Å². The summed E-state index contributed by atoms with van der Waals surface area (Å²) in [6, 6.07) is 3.87. The van der Waals surface area contributed by atoms with Crippen LogP contribution in [0.2, 0.25) is 5.02 Å². The van der Waals surface area contributed by atoms with Crippen molar-refractivity contribution < 1.29 is 19.1 Å². The van der Waals surface area contributed by atoms with Crippen LogP contribution in [0.15, 0.2) is 30.4 Å². The molecule has 0 heterocycles. The van der Waals surface area contributed by atoms with Gasteiger partial charge >= 0.3 is 5.97 Å². The topological polar surface area (TPSA) is 66.4 Å². The zero-order chi connectivity index (χ0) is 15.1. The second kappa shape index (κ2) is 5.15. The third kappa shape index (κ3) is 2.42. The highest BCUT2D eigenvalue weighted by Gasteiger charge is 2.51. The Morgan fingerprint density at radius 2 is 1.90 bits per heavy atom. The number of anilines is 1. The lowest BCUT2D eigenvalue weighted by Gasteiger charge is -2.23. The minimum absolute atomic E-state index is 0.0491. The Hall–Kier alpha value is -1.88. The van der Waals surface area contributed by atoms with E-state index in [1.54, 1.807) is 0 Å². The number of carboxylic acid groups (broad SMARTS) is 1. The van der Waals surface area contributed by atoms with Crippen molar-refractivity contribution in [3.8, 4) is 0 Å². The second-order valence-corrected chi connectivity index (χ2v) is 5.86. The molecule has 1 saturated carbocycles. The van der Waals surface area contributed by atoms with E-state index in [1.165, 1.54) is 12.1 Å². The molecule has 3 rings (SSSR count). The Morgan fingerprint density at radius 1 is 1.24 bits per heavy atom. The van der Waals surface area contributed by atoms with Crippen LogP contribution in [0.1, 0.15) is 6.42 Å². The van der Waals surface area contributed by atoms with Gasteiger partial charge in [0.2, 0.25) is 5.91 Å². The number of halogens is 2. The van der Waals surface area contributed by atoms with Crippen LogP contribution in [0.25, 0.3) is 0 Å². The molecule has 21 heavy (non-hydrogen) atoms. The fourth-order valence-electron chi connectivity index (χ4n) is 3.32. The summed E-state index contributed by atoms with van der Waals surface area (Å²) in [6.45, 7) is 0. The van der Waals surface area contributed by atoms with Crippen LogP contribution in [-0.2, 0) is 9.59 Å². The van der Waals surface area contributed by atoms with Crippen molar-refractivity contribution >= 4 is 29.2 Å². The van der Waals surface area contributed by atoms with E-state index in [9.17, 15) is 19.1 Å². The number of rotatable bonds is 3. The van der Waals surface area contributed by atoms with Gasteiger partial charge in [0.1, 0.15) is 5.82 Å². The molecule has 2 N–H and O–H groups in total. The van der Waals surface area contributed by atoms with Crippen LogP contribution in [0.3, 0.4) is 0 Å². The average Bonchev–Trinajstić information content (AvgIpc) is 3.03. The minimum atomic E-state index is -0.955. The summed E-state index contributed by atoms with van der Waals surface area (Å²) in [7, 11) is 0. The number of allylic oxidation sites excluding steroid dienone is 2. The van der Waals surface area contributed by atoms with E-state index in [-0.39, 0.29) is 22.8 Å². The normalized spacial score (nSPS) is 29.6. The molecule has 1 aromatic rings. The number of hydrogen-bond acceptors (Lipinski definition) is 2. The van der Waals surface area contributed by atoms with Crippen LogP contribution in [0, 0.1) is 29.5 Å². The number of benzene rings is 1. The smallest absolute Gasteiger partial charge is 0.307 e. The molecule has 2 aliphatic carbocycles. The fraction of sp³-hybridized carbons (Fsp3) is 0.333. The van der Waals surface area contributed by atoms with E-state index in [1.807, 2.05) is 12.2 Å². The van der Waals surface area contributed by atoms with Gasteiger partial charge in [-0.15, -0.1) is 0 Å². The van der Waals surface area contributed by atoms with E-state index in [0.29, 0.717) is 12.1 Å². The molecule has 2 bridgehead atoms. The lowest BCUT2D eigenvalue weighted by atomic mass is 9.82. The number of carbonyl (C=O) groups is 2. The molecule has 1 fully saturated rings. The van der Waals surface area contributed by atoms with Crippen LogP contribution >= 0.6 is 11.6 Å². The zero-order valence-corrected chi connectivity index (χ0v) is 11.7. The average molecular weight is 310 g/mol. The van der Waals surface area contributed by atoms with Crippen molar-refractivity contribution in [2.24, 2.45) is 23.7 Å². The Balaban J connectivity index is 1.80. The predicted molar refractivity (Wildman–Crippen MR) is 75.4 cm³/mol. The highest BCUT2D eigenvalue weighted by Crippen LogP contribution is 2.48. The fourth-order valence-corrected chi connectivity index (χ4v) is 3.50. The van der Waals surface area contributed by atoms with Gasteiger partial charge in [0.05, 0.1) is 16.9 Å². The molecule has 2 unspecified atom stereocenters. The van der Waals surface area contributed by atoms with Crippen LogP contribution in [0.5, 0.6) is 0 Å². The Labute approximate surface area is 125 Å². The molecule has 4 atom stereocenters. The van der Waals surface area contributed by atoms with E-state index in [4.69, 9.17) is 11.6 Å². The Bertz CT molecular complexity index is 646. The van der Waals surface area contributed by atoms with Gasteiger partial charge in [0.15, 0.2) is 0 Å². The van der Waals surface area contributed by atoms with Gasteiger partial charge in [0, 0.05) is 5.69 Å². The molecule has 1 aromatic carbocycles. The molecule has 0 spiro atoms. The second-order valence-electron chi connectivity index (χ2n) is 5.46. The molecule has 4 nitrogen and oxygen atoms in total. The first-order chi connectivity index (χ1) is 9.97. The van der Waals surface area contributed by atoms with Gasteiger partial charge in [0.25, 0.3) is 0 Å². The van der Waals surface area contributed by atoms with Crippen molar-refractivity contribution in [3.63, 3.8) is 0 Å². The number of fused-ring (bicyclic) bond motifs is 2. The van der Waals surface area contributed by atoms with E-state index in [0.717, 1.165) is 6.07 Å². The summed E-state index contributed by atoms with van der Waals surface area (Å²) in [5.41, 5.74) is 0.363. The van der Waals surface area contributed by atoms with Crippen molar-refractivity contribution in [1.82, 2.24) is 0 Å². The standard InChI is InChI=1S/C15H13ClFNO3/c16-10-6-9(3-4-11(10)17)18-14(19)12-7-1-2-8(5-7)13(12)15(20)21/h1-4,6-8,12-13H,5H2,(H,18,19)(H,20,21)/t7?,8?,12-,13+/m0/s1. The summed E-state index contributed by atoms with van der Waals surface area (Å²) in [4.78, 5) is 23.7.